The average molecular weight is 778 g/mol. The lowest BCUT2D eigenvalue weighted by Crippen LogP contribution is -2.30. The van der Waals surface area contributed by atoms with Gasteiger partial charge in [-0.1, -0.05) is 115 Å². The van der Waals surface area contributed by atoms with E-state index in [0.717, 1.165) is 55.3 Å². The Morgan fingerprint density at radius 2 is 1.46 bits per heavy atom. The van der Waals surface area contributed by atoms with E-state index in [-0.39, 0.29) is 17.3 Å². The highest BCUT2D eigenvalue weighted by molar-refractivity contribution is 6.10. The van der Waals surface area contributed by atoms with Crippen LogP contribution in [-0.4, -0.2) is 19.1 Å². The lowest BCUT2D eigenvalue weighted by Gasteiger charge is -2.19. The molecule has 0 bridgehead atoms. The fourth-order valence-corrected chi connectivity index (χ4v) is 7.83. The van der Waals surface area contributed by atoms with Crippen molar-refractivity contribution in [1.29, 1.82) is 0 Å². The van der Waals surface area contributed by atoms with E-state index in [1.54, 1.807) is 24.7 Å². The van der Waals surface area contributed by atoms with Crippen LogP contribution in [0.25, 0.3) is 61.2 Å². The van der Waals surface area contributed by atoms with Crippen LogP contribution in [0.2, 0.25) is 0 Å². The summed E-state index contributed by atoms with van der Waals surface area (Å²) in [4.78, 5) is 9.45. The van der Waals surface area contributed by atoms with Gasteiger partial charge in [0.05, 0.1) is 39.6 Å². The summed E-state index contributed by atoms with van der Waals surface area (Å²) in [5, 5.41) is 2.06. The van der Waals surface area contributed by atoms with E-state index in [0.29, 0.717) is 28.4 Å². The maximum atomic E-state index is 8.88. The number of pyridine rings is 2. The first kappa shape index (κ1) is 33.4. The number of nitrogens with zero attached hydrogens (tertiary/aromatic N) is 5. The molecule has 0 aliphatic carbocycles. The minimum atomic E-state index is -1.55. The number of hydrogen-bond acceptors (Lipinski definition) is 3. The Morgan fingerprint density at radius 3 is 2.24 bits per heavy atom. The topological polar surface area (TPSA) is 48.8 Å². The molecule has 0 aliphatic rings. The second kappa shape index (κ2) is 15.3. The molecule has 0 amide bonds. The molecule has 0 spiro atoms. The van der Waals surface area contributed by atoms with Crippen LogP contribution in [0.4, 0.5) is 0 Å². The molecule has 6 nitrogen and oxygen atoms in total. The highest BCUT2D eigenvalue weighted by Crippen LogP contribution is 2.38. The number of hydrogen-bond donors (Lipinski definition) is 0. The van der Waals surface area contributed by atoms with Crippen molar-refractivity contribution in [3.8, 4) is 39.8 Å². The van der Waals surface area contributed by atoms with Gasteiger partial charge in [-0.05, 0) is 113 Å². The zero-order valence-electron chi connectivity index (χ0n) is 38.7. The molecule has 294 valence electrons. The standard InChI is InChI=1S/C53H51N5O/c1-35(2)24-37-12-11-15-42(26-37)56-34-57(49-21-17-41(29-51(49)56)53(5,6)7)43-30-45(33-54-32-43)59-44-18-19-46-47-28-40(39-13-9-8-10-14-39)16-20-48(47)58(50(46)31-44)52-27-38(22-23-55-52)25-36(3)4/h8-23,26-33,35-36H,24-25H2,1-7H3/i24D2,25D2. The highest BCUT2D eigenvalue weighted by Gasteiger charge is 2.20. The van der Waals surface area contributed by atoms with Gasteiger partial charge in [0.1, 0.15) is 17.3 Å². The van der Waals surface area contributed by atoms with Gasteiger partial charge < -0.3 is 4.74 Å². The summed E-state index contributed by atoms with van der Waals surface area (Å²) in [6.45, 7) is 14.2. The highest BCUT2D eigenvalue weighted by atomic mass is 16.5. The maximum absolute atomic E-state index is 8.88. The van der Waals surface area contributed by atoms with Crippen LogP contribution in [0.1, 0.15) is 70.6 Å². The predicted molar refractivity (Wildman–Crippen MR) is 241 cm³/mol. The first-order valence-corrected chi connectivity index (χ1v) is 20.4. The Morgan fingerprint density at radius 1 is 0.678 bits per heavy atom. The minimum Gasteiger partial charge on any atom is -0.456 e. The van der Waals surface area contributed by atoms with Crippen LogP contribution < -0.4 is 9.30 Å². The molecule has 0 fully saturated rings. The van der Waals surface area contributed by atoms with Crippen LogP contribution >= 0.6 is 0 Å². The number of imidazole rings is 1. The molecule has 0 saturated carbocycles. The number of benzene rings is 5. The quantitative estimate of drug-likeness (QED) is 0.103. The largest absolute Gasteiger partial charge is 0.456 e. The second-order valence-electron chi connectivity index (χ2n) is 16.9. The van der Waals surface area contributed by atoms with E-state index in [4.69, 9.17) is 15.2 Å². The van der Waals surface area contributed by atoms with E-state index in [9.17, 15) is 0 Å². The van der Waals surface area contributed by atoms with Crippen molar-refractivity contribution in [3.63, 3.8) is 0 Å². The molecule has 4 heterocycles. The molecule has 6 heteroatoms. The molecule has 0 atom stereocenters. The molecule has 9 rings (SSSR count). The summed E-state index contributed by atoms with van der Waals surface area (Å²) in [5.74, 6) is 1.32. The van der Waals surface area contributed by atoms with E-state index >= 15 is 0 Å². The minimum absolute atomic E-state index is 0.0990. The third kappa shape index (κ3) is 7.63. The Balaban J connectivity index is 1.15. The van der Waals surface area contributed by atoms with Crippen molar-refractivity contribution < 1.29 is 14.8 Å². The molecule has 4 aromatic heterocycles. The van der Waals surface area contributed by atoms with Gasteiger partial charge in [0.25, 0.3) is 6.33 Å². The number of ether oxygens (including phenoxy) is 1. The fraction of sp³-hybridized carbons (Fsp3) is 0.226. The zero-order valence-corrected chi connectivity index (χ0v) is 34.7. The first-order chi connectivity index (χ1) is 30.0. The lowest BCUT2D eigenvalue weighted by atomic mass is 9.87. The Hall–Kier alpha value is -6.53. The van der Waals surface area contributed by atoms with Gasteiger partial charge in [0.15, 0.2) is 0 Å². The SMILES string of the molecule is [2H]C([2H])(c1cccc(-[n+]2[c-]n(-c3cncc(Oc4ccc5c6cc(-c7ccccc7)ccc6n(-c6cc(C([2H])([2H])C(C)C)ccn6)c5c4)c3)c3ccc(C(C)(C)C)cc32)c1)C(C)C. The summed E-state index contributed by atoms with van der Waals surface area (Å²) in [5.41, 5.74) is 9.70. The number of fused-ring (bicyclic) bond motifs is 4. The van der Waals surface area contributed by atoms with Crippen molar-refractivity contribution in [2.45, 2.75) is 66.6 Å². The molecule has 0 N–H and O–H groups in total. The number of aromatic nitrogens is 5. The molecular formula is C53H51N5O. The normalized spacial score (nSPS) is 13.6. The van der Waals surface area contributed by atoms with Crippen LogP contribution in [0.3, 0.4) is 0 Å². The molecule has 0 aliphatic heterocycles. The Bertz CT molecular complexity index is 3160. The molecule has 0 radical (unpaired) electrons. The Labute approximate surface area is 353 Å². The summed E-state index contributed by atoms with van der Waals surface area (Å²) < 4.78 is 48.2. The summed E-state index contributed by atoms with van der Waals surface area (Å²) >= 11 is 0. The lowest BCUT2D eigenvalue weighted by molar-refractivity contribution is -0.572. The van der Waals surface area contributed by atoms with Gasteiger partial charge in [0, 0.05) is 34.7 Å². The smallest absolute Gasteiger partial charge is 0.269 e. The van der Waals surface area contributed by atoms with Crippen LogP contribution in [-0.2, 0) is 18.2 Å². The Kier molecular flexibility index (Phi) is 8.69. The average Bonchev–Trinajstić information content (AvgIpc) is 3.82. The molecule has 9 aromatic rings. The molecule has 0 saturated heterocycles. The van der Waals surface area contributed by atoms with Crippen molar-refractivity contribution in [1.82, 2.24) is 19.1 Å². The van der Waals surface area contributed by atoms with Crippen molar-refractivity contribution >= 4 is 32.8 Å². The third-order valence-corrected chi connectivity index (χ3v) is 10.6. The summed E-state index contributed by atoms with van der Waals surface area (Å²) in [6.07, 6.45) is 5.70. The molecule has 0 unspecified atom stereocenters. The summed E-state index contributed by atoms with van der Waals surface area (Å²) in [6, 6.07) is 42.5. The van der Waals surface area contributed by atoms with E-state index in [2.05, 4.69) is 91.2 Å². The first-order valence-electron chi connectivity index (χ1n) is 22.4. The van der Waals surface area contributed by atoms with Crippen LogP contribution in [0.5, 0.6) is 11.5 Å². The van der Waals surface area contributed by atoms with Gasteiger partial charge in [0.2, 0.25) is 0 Å². The van der Waals surface area contributed by atoms with Crippen LogP contribution in [0.15, 0.2) is 146 Å². The van der Waals surface area contributed by atoms with E-state index < -0.39 is 12.7 Å². The second-order valence-corrected chi connectivity index (χ2v) is 16.9. The van der Waals surface area contributed by atoms with Crippen molar-refractivity contribution in [3.05, 3.63) is 169 Å². The van der Waals surface area contributed by atoms with Crippen molar-refractivity contribution in [2.75, 3.05) is 0 Å². The number of rotatable bonds is 10. The zero-order chi connectivity index (χ0) is 44.4. The van der Waals surface area contributed by atoms with Gasteiger partial charge in [-0.3, -0.25) is 18.7 Å². The van der Waals surface area contributed by atoms with Gasteiger partial charge in [-0.15, -0.1) is 0 Å². The summed E-state index contributed by atoms with van der Waals surface area (Å²) in [7, 11) is 0. The monoisotopic (exact) mass is 777 g/mol. The van der Waals surface area contributed by atoms with E-state index in [1.807, 2.05) is 104 Å². The molecular weight excluding hydrogens is 723 g/mol. The maximum Gasteiger partial charge on any atom is 0.269 e. The molecule has 5 aromatic carbocycles. The van der Waals surface area contributed by atoms with Crippen LogP contribution in [0, 0.1) is 18.2 Å². The van der Waals surface area contributed by atoms with Gasteiger partial charge in [-0.2, -0.15) is 0 Å². The van der Waals surface area contributed by atoms with Crippen molar-refractivity contribution in [2.24, 2.45) is 11.8 Å². The predicted octanol–water partition coefficient (Wildman–Crippen LogP) is 12.7. The van der Waals surface area contributed by atoms with E-state index in [1.165, 1.54) is 5.56 Å². The van der Waals surface area contributed by atoms with Gasteiger partial charge in [-0.25, -0.2) is 4.98 Å². The third-order valence-electron chi connectivity index (χ3n) is 10.6. The fourth-order valence-electron chi connectivity index (χ4n) is 7.83. The van der Waals surface area contributed by atoms with Gasteiger partial charge >= 0.3 is 0 Å². The molecule has 59 heavy (non-hydrogen) atoms.